The van der Waals surface area contributed by atoms with Crippen LogP contribution in [-0.4, -0.2) is 32.7 Å². The van der Waals surface area contributed by atoms with Crippen molar-refractivity contribution in [2.24, 2.45) is 5.92 Å². The molecule has 3 nitrogen and oxygen atoms in total. The lowest BCUT2D eigenvalue weighted by Gasteiger charge is -2.19. The molecule has 1 rings (SSSR count). The molecule has 1 saturated carbocycles. The molecular formula is C11H20O3. The van der Waals surface area contributed by atoms with Crippen LogP contribution >= 0.6 is 0 Å². The first kappa shape index (κ1) is 11.7. The van der Waals surface area contributed by atoms with Crippen molar-refractivity contribution in [1.29, 1.82) is 0 Å². The second-order valence-corrected chi connectivity index (χ2v) is 3.80. The van der Waals surface area contributed by atoms with Crippen molar-refractivity contribution < 1.29 is 14.3 Å². The number of Topliss-reactive ketones (excluding diaryl/α,β-unsaturated/α-hetero) is 1. The van der Waals surface area contributed by atoms with Gasteiger partial charge in [-0.1, -0.05) is 6.42 Å². The molecule has 1 unspecified atom stereocenters. The van der Waals surface area contributed by atoms with E-state index >= 15 is 0 Å². The number of carbonyl (C=O) groups excluding carboxylic acids is 1. The Kier molecular flexibility index (Phi) is 5.80. The first-order chi connectivity index (χ1) is 6.84. The van der Waals surface area contributed by atoms with Gasteiger partial charge >= 0.3 is 0 Å². The van der Waals surface area contributed by atoms with Crippen molar-refractivity contribution in [3.05, 3.63) is 0 Å². The summed E-state index contributed by atoms with van der Waals surface area (Å²) >= 11 is 0. The highest BCUT2D eigenvalue weighted by Gasteiger charge is 2.21. The van der Waals surface area contributed by atoms with E-state index in [-0.39, 0.29) is 5.92 Å². The predicted octanol–water partition coefficient (Wildman–Crippen LogP) is 1.80. The van der Waals surface area contributed by atoms with E-state index in [1.807, 2.05) is 0 Å². The van der Waals surface area contributed by atoms with Crippen molar-refractivity contribution in [2.45, 2.75) is 32.1 Å². The molecule has 82 valence electrons. The maximum absolute atomic E-state index is 11.4. The summed E-state index contributed by atoms with van der Waals surface area (Å²) in [5.41, 5.74) is 0. The van der Waals surface area contributed by atoms with Crippen LogP contribution in [0, 0.1) is 5.92 Å². The summed E-state index contributed by atoms with van der Waals surface area (Å²) < 4.78 is 10.2. The third-order valence-electron chi connectivity index (χ3n) is 2.72. The van der Waals surface area contributed by atoms with Crippen molar-refractivity contribution >= 4 is 5.78 Å². The van der Waals surface area contributed by atoms with Gasteiger partial charge < -0.3 is 9.47 Å². The standard InChI is InChI=1S/C11H20O3/c1-13-8-9-14-7-6-10-4-2-3-5-11(10)12/h10H,2-9H2,1H3. The Morgan fingerprint density at radius 3 is 2.86 bits per heavy atom. The van der Waals surface area contributed by atoms with E-state index in [1.54, 1.807) is 7.11 Å². The lowest BCUT2D eigenvalue weighted by molar-refractivity contribution is -0.125. The van der Waals surface area contributed by atoms with E-state index < -0.39 is 0 Å². The molecule has 14 heavy (non-hydrogen) atoms. The normalized spacial score (nSPS) is 22.6. The molecule has 0 radical (unpaired) electrons. The molecule has 1 aliphatic carbocycles. The Morgan fingerprint density at radius 1 is 1.29 bits per heavy atom. The average molecular weight is 200 g/mol. The van der Waals surface area contributed by atoms with Crippen LogP contribution in [0.5, 0.6) is 0 Å². The Balaban J connectivity index is 2.02. The first-order valence-corrected chi connectivity index (χ1v) is 5.44. The summed E-state index contributed by atoms with van der Waals surface area (Å²) in [7, 11) is 1.66. The lowest BCUT2D eigenvalue weighted by atomic mass is 9.86. The molecular weight excluding hydrogens is 180 g/mol. The van der Waals surface area contributed by atoms with Crippen LogP contribution in [-0.2, 0) is 14.3 Å². The van der Waals surface area contributed by atoms with Crippen molar-refractivity contribution in [3.63, 3.8) is 0 Å². The minimum Gasteiger partial charge on any atom is -0.382 e. The molecule has 1 atom stereocenters. The number of methoxy groups -OCH3 is 1. The molecule has 3 heteroatoms. The van der Waals surface area contributed by atoms with E-state index in [1.165, 1.54) is 6.42 Å². The number of hydrogen-bond donors (Lipinski definition) is 0. The largest absolute Gasteiger partial charge is 0.382 e. The van der Waals surface area contributed by atoms with E-state index in [0.29, 0.717) is 25.6 Å². The summed E-state index contributed by atoms with van der Waals surface area (Å²) in [6.07, 6.45) is 5.02. The van der Waals surface area contributed by atoms with E-state index in [4.69, 9.17) is 9.47 Å². The minimum absolute atomic E-state index is 0.270. The third-order valence-corrected chi connectivity index (χ3v) is 2.72. The Morgan fingerprint density at radius 2 is 2.14 bits per heavy atom. The van der Waals surface area contributed by atoms with Gasteiger partial charge in [0, 0.05) is 26.1 Å². The fourth-order valence-electron chi connectivity index (χ4n) is 1.83. The van der Waals surface area contributed by atoms with Crippen LogP contribution < -0.4 is 0 Å². The van der Waals surface area contributed by atoms with Gasteiger partial charge in [0.15, 0.2) is 0 Å². The zero-order chi connectivity index (χ0) is 10.2. The molecule has 0 aromatic rings. The van der Waals surface area contributed by atoms with Gasteiger partial charge in [-0.05, 0) is 19.3 Å². The maximum Gasteiger partial charge on any atom is 0.136 e. The number of hydrogen-bond acceptors (Lipinski definition) is 3. The lowest BCUT2D eigenvalue weighted by Crippen LogP contribution is -2.20. The van der Waals surface area contributed by atoms with Crippen LogP contribution in [0.25, 0.3) is 0 Å². The average Bonchev–Trinajstić information content (AvgIpc) is 2.20. The van der Waals surface area contributed by atoms with Gasteiger partial charge in [0.1, 0.15) is 5.78 Å². The van der Waals surface area contributed by atoms with Crippen LogP contribution in [0.2, 0.25) is 0 Å². The summed E-state index contributed by atoms with van der Waals surface area (Å²) in [6, 6.07) is 0. The number of rotatable bonds is 6. The van der Waals surface area contributed by atoms with Crippen LogP contribution in [0.1, 0.15) is 32.1 Å². The molecule has 0 heterocycles. The third kappa shape index (κ3) is 4.20. The number of carbonyl (C=O) groups is 1. The topological polar surface area (TPSA) is 35.5 Å². The van der Waals surface area contributed by atoms with Crippen LogP contribution in [0.4, 0.5) is 0 Å². The maximum atomic E-state index is 11.4. The second kappa shape index (κ2) is 6.96. The summed E-state index contributed by atoms with van der Waals surface area (Å²) in [5, 5.41) is 0. The fraction of sp³-hybridized carbons (Fsp3) is 0.909. The van der Waals surface area contributed by atoms with Crippen LogP contribution in [0.15, 0.2) is 0 Å². The zero-order valence-corrected chi connectivity index (χ0v) is 8.96. The molecule has 0 aromatic carbocycles. The highest BCUT2D eigenvalue weighted by atomic mass is 16.5. The summed E-state index contributed by atoms with van der Waals surface area (Å²) in [4.78, 5) is 11.4. The molecule has 0 N–H and O–H groups in total. The number of ketones is 1. The highest BCUT2D eigenvalue weighted by molar-refractivity contribution is 5.81. The fourth-order valence-corrected chi connectivity index (χ4v) is 1.83. The molecule has 0 saturated heterocycles. The van der Waals surface area contributed by atoms with Crippen molar-refractivity contribution in [2.75, 3.05) is 26.9 Å². The van der Waals surface area contributed by atoms with Gasteiger partial charge in [0.05, 0.1) is 13.2 Å². The van der Waals surface area contributed by atoms with Gasteiger partial charge in [-0.25, -0.2) is 0 Å². The molecule has 1 aliphatic rings. The van der Waals surface area contributed by atoms with Gasteiger partial charge in [-0.2, -0.15) is 0 Å². The highest BCUT2D eigenvalue weighted by Crippen LogP contribution is 2.23. The summed E-state index contributed by atoms with van der Waals surface area (Å²) in [6.45, 7) is 1.97. The molecule has 0 spiro atoms. The molecule has 0 aromatic heterocycles. The molecule has 1 fully saturated rings. The van der Waals surface area contributed by atoms with Crippen molar-refractivity contribution in [3.8, 4) is 0 Å². The predicted molar refractivity (Wildman–Crippen MR) is 54.3 cm³/mol. The van der Waals surface area contributed by atoms with E-state index in [2.05, 4.69) is 0 Å². The molecule has 0 aliphatic heterocycles. The van der Waals surface area contributed by atoms with Gasteiger partial charge in [-0.3, -0.25) is 4.79 Å². The second-order valence-electron chi connectivity index (χ2n) is 3.80. The van der Waals surface area contributed by atoms with Gasteiger partial charge in [-0.15, -0.1) is 0 Å². The smallest absolute Gasteiger partial charge is 0.136 e. The molecule has 0 bridgehead atoms. The Bertz CT molecular complexity index is 168. The van der Waals surface area contributed by atoms with Crippen LogP contribution in [0.3, 0.4) is 0 Å². The van der Waals surface area contributed by atoms with Gasteiger partial charge in [0.2, 0.25) is 0 Å². The number of ether oxygens (including phenoxy) is 2. The minimum atomic E-state index is 0.270. The van der Waals surface area contributed by atoms with Crippen molar-refractivity contribution in [1.82, 2.24) is 0 Å². The SMILES string of the molecule is COCCOCCC1CCCCC1=O. The summed E-state index contributed by atoms with van der Waals surface area (Å²) in [5.74, 6) is 0.706. The van der Waals surface area contributed by atoms with E-state index in [0.717, 1.165) is 25.7 Å². The first-order valence-electron chi connectivity index (χ1n) is 5.44. The Labute approximate surface area is 85.8 Å². The monoisotopic (exact) mass is 200 g/mol. The molecule has 0 amide bonds. The zero-order valence-electron chi connectivity index (χ0n) is 8.96. The Hall–Kier alpha value is -0.410. The van der Waals surface area contributed by atoms with Gasteiger partial charge in [0.25, 0.3) is 0 Å². The quantitative estimate of drug-likeness (QED) is 0.613. The van der Waals surface area contributed by atoms with E-state index in [9.17, 15) is 4.79 Å².